The number of carbonyl (C=O) groups is 1. The monoisotopic (exact) mass is 300 g/mol. The fraction of sp³-hybridized carbons (Fsp3) is 0.250. The molecule has 0 saturated heterocycles. The molecule has 6 nitrogen and oxygen atoms in total. The Morgan fingerprint density at radius 2 is 2.27 bits per heavy atom. The Morgan fingerprint density at radius 1 is 1.45 bits per heavy atom. The topological polar surface area (TPSA) is 70.4 Å². The van der Waals surface area contributed by atoms with Gasteiger partial charge in [-0.25, -0.2) is 9.78 Å². The first-order valence-corrected chi connectivity index (χ1v) is 7.07. The third kappa shape index (κ3) is 3.95. The van der Waals surface area contributed by atoms with Crippen LogP contribution in [0.25, 0.3) is 5.69 Å². The van der Waals surface area contributed by atoms with Crippen LogP contribution in [0.3, 0.4) is 0 Å². The van der Waals surface area contributed by atoms with Gasteiger partial charge < -0.3 is 19.9 Å². The molecule has 0 saturated carbocycles. The van der Waals surface area contributed by atoms with Gasteiger partial charge in [-0.05, 0) is 11.6 Å². The van der Waals surface area contributed by atoms with Gasteiger partial charge in [0, 0.05) is 32.0 Å². The molecule has 1 aromatic carbocycles. The van der Waals surface area contributed by atoms with Crippen LogP contribution in [0.4, 0.5) is 4.79 Å². The summed E-state index contributed by atoms with van der Waals surface area (Å²) in [6, 6.07) is 7.57. The van der Waals surface area contributed by atoms with Crippen LogP contribution in [0.1, 0.15) is 5.56 Å². The van der Waals surface area contributed by atoms with Crippen LogP contribution in [0.15, 0.2) is 55.6 Å². The zero-order valence-corrected chi connectivity index (χ0v) is 12.4. The second kappa shape index (κ2) is 7.99. The Hall–Kier alpha value is -2.60. The number of benzene rings is 1. The van der Waals surface area contributed by atoms with Crippen LogP contribution in [0.2, 0.25) is 0 Å². The van der Waals surface area contributed by atoms with Crippen molar-refractivity contribution in [1.82, 2.24) is 19.8 Å². The molecule has 0 aliphatic heterocycles. The molecular weight excluding hydrogens is 280 g/mol. The number of aliphatic hydroxyl groups is 1. The van der Waals surface area contributed by atoms with E-state index in [2.05, 4.69) is 16.9 Å². The van der Waals surface area contributed by atoms with Crippen molar-refractivity contribution in [2.24, 2.45) is 0 Å². The average molecular weight is 300 g/mol. The van der Waals surface area contributed by atoms with Crippen molar-refractivity contribution in [1.29, 1.82) is 0 Å². The summed E-state index contributed by atoms with van der Waals surface area (Å²) in [5.41, 5.74) is 1.95. The van der Waals surface area contributed by atoms with Crippen molar-refractivity contribution < 1.29 is 9.90 Å². The van der Waals surface area contributed by atoms with Crippen molar-refractivity contribution in [2.45, 2.75) is 6.54 Å². The number of hydrogen-bond donors (Lipinski definition) is 2. The lowest BCUT2D eigenvalue weighted by molar-refractivity contribution is 0.183. The van der Waals surface area contributed by atoms with Crippen molar-refractivity contribution in [3.63, 3.8) is 0 Å². The van der Waals surface area contributed by atoms with E-state index in [0.717, 1.165) is 11.3 Å². The van der Waals surface area contributed by atoms with Gasteiger partial charge in [0.2, 0.25) is 0 Å². The fourth-order valence-electron chi connectivity index (χ4n) is 2.15. The lowest BCUT2D eigenvalue weighted by Crippen LogP contribution is -2.41. The zero-order chi connectivity index (χ0) is 15.8. The summed E-state index contributed by atoms with van der Waals surface area (Å²) in [5.74, 6) is 0. The van der Waals surface area contributed by atoms with E-state index in [9.17, 15) is 4.79 Å². The van der Waals surface area contributed by atoms with Crippen LogP contribution in [0.5, 0.6) is 0 Å². The smallest absolute Gasteiger partial charge is 0.318 e. The number of carbonyl (C=O) groups excluding carboxylic acids is 1. The first kappa shape index (κ1) is 15.8. The van der Waals surface area contributed by atoms with Gasteiger partial charge in [0.1, 0.15) is 0 Å². The molecule has 0 aliphatic rings. The first-order valence-electron chi connectivity index (χ1n) is 7.07. The summed E-state index contributed by atoms with van der Waals surface area (Å²) in [6.07, 6.45) is 6.92. The number of hydrogen-bond acceptors (Lipinski definition) is 3. The lowest BCUT2D eigenvalue weighted by Gasteiger charge is -2.21. The highest BCUT2D eigenvalue weighted by Gasteiger charge is 2.12. The maximum Gasteiger partial charge on any atom is 0.318 e. The van der Waals surface area contributed by atoms with Gasteiger partial charge >= 0.3 is 6.03 Å². The van der Waals surface area contributed by atoms with E-state index < -0.39 is 0 Å². The molecule has 2 rings (SSSR count). The number of amides is 2. The minimum Gasteiger partial charge on any atom is -0.395 e. The molecule has 0 unspecified atom stereocenters. The molecular formula is C16H20N4O2. The third-order valence-corrected chi connectivity index (χ3v) is 3.21. The molecule has 2 aromatic rings. The molecule has 1 heterocycles. The van der Waals surface area contributed by atoms with Crippen LogP contribution in [-0.2, 0) is 6.54 Å². The molecule has 0 bridgehead atoms. The highest BCUT2D eigenvalue weighted by Crippen LogP contribution is 2.13. The SMILES string of the molecule is C=CCN(CCO)C(=O)NCc1ccccc1-n1ccnc1. The zero-order valence-electron chi connectivity index (χ0n) is 12.4. The van der Waals surface area contributed by atoms with Gasteiger partial charge in [-0.2, -0.15) is 0 Å². The number of imidazole rings is 1. The molecule has 116 valence electrons. The van der Waals surface area contributed by atoms with Gasteiger partial charge in [-0.3, -0.25) is 0 Å². The van der Waals surface area contributed by atoms with E-state index in [1.54, 1.807) is 18.6 Å². The highest BCUT2D eigenvalue weighted by atomic mass is 16.3. The number of aliphatic hydroxyl groups excluding tert-OH is 1. The van der Waals surface area contributed by atoms with Gasteiger partial charge in [-0.15, -0.1) is 6.58 Å². The molecule has 0 aliphatic carbocycles. The molecule has 1 aromatic heterocycles. The number of urea groups is 1. The molecule has 0 spiro atoms. The maximum absolute atomic E-state index is 12.1. The quantitative estimate of drug-likeness (QED) is 0.762. The summed E-state index contributed by atoms with van der Waals surface area (Å²) in [5, 5.41) is 11.9. The highest BCUT2D eigenvalue weighted by molar-refractivity contribution is 5.74. The summed E-state index contributed by atoms with van der Waals surface area (Å²) >= 11 is 0. The summed E-state index contributed by atoms with van der Waals surface area (Å²) in [4.78, 5) is 17.7. The normalized spacial score (nSPS) is 10.2. The lowest BCUT2D eigenvalue weighted by atomic mass is 10.1. The number of rotatable bonds is 7. The summed E-state index contributed by atoms with van der Waals surface area (Å²) < 4.78 is 1.90. The second-order valence-electron chi connectivity index (χ2n) is 4.72. The number of nitrogens with zero attached hydrogens (tertiary/aromatic N) is 3. The number of nitrogens with one attached hydrogen (secondary N) is 1. The summed E-state index contributed by atoms with van der Waals surface area (Å²) in [6.45, 7) is 4.61. The van der Waals surface area contributed by atoms with E-state index in [1.165, 1.54) is 4.90 Å². The molecule has 2 amide bonds. The van der Waals surface area contributed by atoms with E-state index >= 15 is 0 Å². The molecule has 22 heavy (non-hydrogen) atoms. The van der Waals surface area contributed by atoms with Gasteiger partial charge in [0.25, 0.3) is 0 Å². The van der Waals surface area contributed by atoms with Crippen LogP contribution in [-0.4, -0.2) is 45.3 Å². The van der Waals surface area contributed by atoms with Gasteiger partial charge in [0.15, 0.2) is 0 Å². The third-order valence-electron chi connectivity index (χ3n) is 3.21. The standard InChI is InChI=1S/C16H20N4O2/c1-2-8-19(10-11-21)16(22)18-12-14-5-3-4-6-15(14)20-9-7-17-13-20/h2-7,9,13,21H,1,8,10-12H2,(H,18,22). The number of aromatic nitrogens is 2. The second-order valence-corrected chi connectivity index (χ2v) is 4.72. The van der Waals surface area contributed by atoms with E-state index in [-0.39, 0.29) is 19.2 Å². The fourth-order valence-corrected chi connectivity index (χ4v) is 2.15. The molecule has 0 atom stereocenters. The molecule has 0 fully saturated rings. The van der Waals surface area contributed by atoms with Crippen molar-refractivity contribution in [2.75, 3.05) is 19.7 Å². The van der Waals surface area contributed by atoms with Gasteiger partial charge in [0.05, 0.1) is 18.6 Å². The largest absolute Gasteiger partial charge is 0.395 e. The predicted octanol–water partition coefficient (Wildman–Crippen LogP) is 1.56. The Kier molecular flexibility index (Phi) is 5.73. The molecule has 0 radical (unpaired) electrons. The maximum atomic E-state index is 12.1. The van der Waals surface area contributed by atoms with Crippen LogP contribution in [0, 0.1) is 0 Å². The summed E-state index contributed by atoms with van der Waals surface area (Å²) in [7, 11) is 0. The Morgan fingerprint density at radius 3 is 2.95 bits per heavy atom. The van der Waals surface area contributed by atoms with E-state index in [4.69, 9.17) is 5.11 Å². The van der Waals surface area contributed by atoms with Crippen molar-refractivity contribution in [3.8, 4) is 5.69 Å². The Balaban J connectivity index is 2.05. The van der Waals surface area contributed by atoms with Crippen LogP contribution >= 0.6 is 0 Å². The minimum atomic E-state index is -0.227. The van der Waals surface area contributed by atoms with Gasteiger partial charge in [-0.1, -0.05) is 24.3 Å². The average Bonchev–Trinajstić information content (AvgIpc) is 3.07. The molecule has 6 heteroatoms. The predicted molar refractivity (Wildman–Crippen MR) is 84.7 cm³/mol. The van der Waals surface area contributed by atoms with Crippen molar-refractivity contribution in [3.05, 3.63) is 61.2 Å². The Labute approximate surface area is 129 Å². The molecule has 2 N–H and O–H groups in total. The first-order chi connectivity index (χ1) is 10.8. The van der Waals surface area contributed by atoms with Crippen LogP contribution < -0.4 is 5.32 Å². The Bertz CT molecular complexity index is 610. The van der Waals surface area contributed by atoms with E-state index in [1.807, 2.05) is 35.0 Å². The van der Waals surface area contributed by atoms with Crippen molar-refractivity contribution >= 4 is 6.03 Å². The minimum absolute atomic E-state index is 0.0765. The number of para-hydroxylation sites is 1. The van der Waals surface area contributed by atoms with E-state index in [0.29, 0.717) is 13.1 Å².